The van der Waals surface area contributed by atoms with Gasteiger partial charge in [0.2, 0.25) is 0 Å². The van der Waals surface area contributed by atoms with Crippen LogP contribution in [-0.4, -0.2) is 24.9 Å². The van der Waals surface area contributed by atoms with Gasteiger partial charge in [0.1, 0.15) is 0 Å². The number of hydrogen-bond acceptors (Lipinski definition) is 2. The number of nitrogens with one attached hydrogen (secondary N) is 1. The Balaban J connectivity index is 2.08. The SMILES string of the molecule is CCN(C(=O)c1ccc(C(=O)NCCC(C)C)cc1)c1cccc(C)c1. The number of hydrogen-bond donors (Lipinski definition) is 1. The highest BCUT2D eigenvalue weighted by Gasteiger charge is 2.16. The molecule has 0 aliphatic carbocycles. The Labute approximate surface area is 156 Å². The summed E-state index contributed by atoms with van der Waals surface area (Å²) in [5, 5.41) is 2.91. The third kappa shape index (κ3) is 5.19. The van der Waals surface area contributed by atoms with Crippen molar-refractivity contribution in [2.45, 2.75) is 34.1 Å². The molecule has 0 radical (unpaired) electrons. The van der Waals surface area contributed by atoms with E-state index in [-0.39, 0.29) is 11.8 Å². The van der Waals surface area contributed by atoms with Crippen LogP contribution in [0.25, 0.3) is 0 Å². The maximum Gasteiger partial charge on any atom is 0.258 e. The minimum absolute atomic E-state index is 0.0649. The van der Waals surface area contributed by atoms with E-state index in [0.29, 0.717) is 30.1 Å². The van der Waals surface area contributed by atoms with Gasteiger partial charge in [0.05, 0.1) is 0 Å². The summed E-state index contributed by atoms with van der Waals surface area (Å²) in [6.45, 7) is 9.46. The van der Waals surface area contributed by atoms with E-state index < -0.39 is 0 Å². The molecule has 2 aromatic carbocycles. The summed E-state index contributed by atoms with van der Waals surface area (Å²) >= 11 is 0. The highest BCUT2D eigenvalue weighted by Crippen LogP contribution is 2.19. The fraction of sp³-hybridized carbons (Fsp3) is 0.364. The van der Waals surface area contributed by atoms with Crippen molar-refractivity contribution >= 4 is 17.5 Å². The zero-order chi connectivity index (χ0) is 19.1. The van der Waals surface area contributed by atoms with E-state index >= 15 is 0 Å². The molecule has 4 heteroatoms. The van der Waals surface area contributed by atoms with Crippen molar-refractivity contribution in [2.75, 3.05) is 18.0 Å². The molecule has 0 atom stereocenters. The molecule has 0 saturated heterocycles. The van der Waals surface area contributed by atoms with Gasteiger partial charge in [-0.1, -0.05) is 26.0 Å². The van der Waals surface area contributed by atoms with Crippen LogP contribution in [0, 0.1) is 12.8 Å². The first-order valence-electron chi connectivity index (χ1n) is 9.19. The van der Waals surface area contributed by atoms with Gasteiger partial charge in [0, 0.05) is 29.9 Å². The van der Waals surface area contributed by atoms with Crippen molar-refractivity contribution in [2.24, 2.45) is 5.92 Å². The standard InChI is InChI=1S/C22H28N2O2/c1-5-24(20-8-6-7-17(4)15-20)22(26)19-11-9-18(10-12-19)21(25)23-14-13-16(2)3/h6-12,15-16H,5,13-14H2,1-4H3,(H,23,25). The summed E-state index contributed by atoms with van der Waals surface area (Å²) in [6.07, 6.45) is 0.949. The number of nitrogens with zero attached hydrogens (tertiary/aromatic N) is 1. The summed E-state index contributed by atoms with van der Waals surface area (Å²) in [5.41, 5.74) is 3.14. The van der Waals surface area contributed by atoms with E-state index in [2.05, 4.69) is 19.2 Å². The lowest BCUT2D eigenvalue weighted by Crippen LogP contribution is -2.30. The third-order valence-electron chi connectivity index (χ3n) is 4.28. The number of amides is 2. The molecule has 2 amide bonds. The Bertz CT molecular complexity index is 751. The van der Waals surface area contributed by atoms with Crippen LogP contribution in [0.4, 0.5) is 5.69 Å². The molecule has 0 aliphatic heterocycles. The second-order valence-corrected chi connectivity index (χ2v) is 6.90. The van der Waals surface area contributed by atoms with Gasteiger partial charge in [-0.2, -0.15) is 0 Å². The molecule has 0 fully saturated rings. The monoisotopic (exact) mass is 352 g/mol. The molecule has 2 aromatic rings. The molecule has 0 saturated carbocycles. The van der Waals surface area contributed by atoms with Gasteiger partial charge in [-0.3, -0.25) is 9.59 Å². The summed E-state index contributed by atoms with van der Waals surface area (Å²) < 4.78 is 0. The molecule has 26 heavy (non-hydrogen) atoms. The molecule has 0 heterocycles. The van der Waals surface area contributed by atoms with Crippen LogP contribution < -0.4 is 10.2 Å². The van der Waals surface area contributed by atoms with Crippen molar-refractivity contribution < 1.29 is 9.59 Å². The third-order valence-corrected chi connectivity index (χ3v) is 4.28. The summed E-state index contributed by atoms with van der Waals surface area (Å²) in [5.74, 6) is 0.387. The number of rotatable bonds is 7. The quantitative estimate of drug-likeness (QED) is 0.801. The molecule has 0 unspecified atom stereocenters. The zero-order valence-corrected chi connectivity index (χ0v) is 16.1. The van der Waals surface area contributed by atoms with Crippen LogP contribution in [0.3, 0.4) is 0 Å². The fourth-order valence-electron chi connectivity index (χ4n) is 2.74. The van der Waals surface area contributed by atoms with Crippen LogP contribution in [0.5, 0.6) is 0 Å². The highest BCUT2D eigenvalue weighted by molar-refractivity contribution is 6.06. The van der Waals surface area contributed by atoms with Gasteiger partial charge < -0.3 is 10.2 Å². The number of carbonyl (C=O) groups excluding carboxylic acids is 2. The second-order valence-electron chi connectivity index (χ2n) is 6.90. The molecular weight excluding hydrogens is 324 g/mol. The number of anilines is 1. The first-order chi connectivity index (χ1) is 12.4. The minimum Gasteiger partial charge on any atom is -0.352 e. The average molecular weight is 352 g/mol. The number of aryl methyl sites for hydroxylation is 1. The first kappa shape index (κ1) is 19.7. The van der Waals surface area contributed by atoms with Crippen LogP contribution in [-0.2, 0) is 0 Å². The van der Waals surface area contributed by atoms with E-state index in [0.717, 1.165) is 17.7 Å². The Morgan fingerprint density at radius 2 is 1.69 bits per heavy atom. The summed E-state index contributed by atoms with van der Waals surface area (Å²) in [7, 11) is 0. The molecule has 1 N–H and O–H groups in total. The molecule has 0 spiro atoms. The van der Waals surface area contributed by atoms with Crippen molar-refractivity contribution in [3.05, 3.63) is 65.2 Å². The molecule has 2 rings (SSSR count). The summed E-state index contributed by atoms with van der Waals surface area (Å²) in [4.78, 5) is 26.7. The van der Waals surface area contributed by atoms with Crippen molar-refractivity contribution in [1.82, 2.24) is 5.32 Å². The summed E-state index contributed by atoms with van der Waals surface area (Å²) in [6, 6.07) is 14.8. The lowest BCUT2D eigenvalue weighted by molar-refractivity contribution is 0.0948. The zero-order valence-electron chi connectivity index (χ0n) is 16.1. The molecular formula is C22H28N2O2. The Morgan fingerprint density at radius 1 is 1.04 bits per heavy atom. The molecule has 0 aromatic heterocycles. The average Bonchev–Trinajstić information content (AvgIpc) is 2.62. The molecule has 4 nitrogen and oxygen atoms in total. The van der Waals surface area contributed by atoms with Crippen LogP contribution >= 0.6 is 0 Å². The van der Waals surface area contributed by atoms with Gasteiger partial charge >= 0.3 is 0 Å². The van der Waals surface area contributed by atoms with Crippen molar-refractivity contribution in [3.8, 4) is 0 Å². The highest BCUT2D eigenvalue weighted by atomic mass is 16.2. The van der Waals surface area contributed by atoms with E-state index in [1.807, 2.05) is 38.1 Å². The van der Waals surface area contributed by atoms with Gasteiger partial charge in [-0.05, 0) is 68.1 Å². The normalized spacial score (nSPS) is 10.7. The van der Waals surface area contributed by atoms with Gasteiger partial charge in [0.15, 0.2) is 0 Å². The Hall–Kier alpha value is -2.62. The van der Waals surface area contributed by atoms with Gasteiger partial charge in [-0.15, -0.1) is 0 Å². The molecule has 0 bridgehead atoms. The second kappa shape index (κ2) is 9.18. The van der Waals surface area contributed by atoms with Gasteiger partial charge in [0.25, 0.3) is 11.8 Å². The number of benzene rings is 2. The molecule has 138 valence electrons. The predicted molar refractivity (Wildman–Crippen MR) is 107 cm³/mol. The Morgan fingerprint density at radius 3 is 2.27 bits per heavy atom. The predicted octanol–water partition coefficient (Wildman–Crippen LogP) is 4.44. The topological polar surface area (TPSA) is 49.4 Å². The maximum absolute atomic E-state index is 12.8. The van der Waals surface area contributed by atoms with E-state index in [1.54, 1.807) is 29.2 Å². The van der Waals surface area contributed by atoms with E-state index in [1.165, 1.54) is 0 Å². The maximum atomic E-state index is 12.8. The lowest BCUT2D eigenvalue weighted by atomic mass is 10.1. The van der Waals surface area contributed by atoms with E-state index in [9.17, 15) is 9.59 Å². The van der Waals surface area contributed by atoms with Gasteiger partial charge in [-0.25, -0.2) is 0 Å². The lowest BCUT2D eigenvalue weighted by Gasteiger charge is -2.21. The largest absolute Gasteiger partial charge is 0.352 e. The van der Waals surface area contributed by atoms with Crippen LogP contribution in [0.2, 0.25) is 0 Å². The Kier molecular flexibility index (Phi) is 6.96. The van der Waals surface area contributed by atoms with Crippen LogP contribution in [0.15, 0.2) is 48.5 Å². The fourth-order valence-corrected chi connectivity index (χ4v) is 2.74. The van der Waals surface area contributed by atoms with Crippen molar-refractivity contribution in [1.29, 1.82) is 0 Å². The minimum atomic E-state index is -0.101. The smallest absolute Gasteiger partial charge is 0.258 e. The van der Waals surface area contributed by atoms with E-state index in [4.69, 9.17) is 0 Å². The number of carbonyl (C=O) groups is 2. The van der Waals surface area contributed by atoms with Crippen molar-refractivity contribution in [3.63, 3.8) is 0 Å². The molecule has 0 aliphatic rings. The first-order valence-corrected chi connectivity index (χ1v) is 9.19. The van der Waals surface area contributed by atoms with Crippen LogP contribution in [0.1, 0.15) is 53.5 Å².